The molecule has 0 saturated heterocycles. The number of halogens is 2. The molecule has 0 nitrogen and oxygen atoms in total. The Balaban J connectivity index is 2.07. The van der Waals surface area contributed by atoms with E-state index >= 15 is 0 Å². The van der Waals surface area contributed by atoms with E-state index < -0.39 is 0 Å². The zero-order valence-electron chi connectivity index (χ0n) is 11.2. The van der Waals surface area contributed by atoms with Crippen LogP contribution in [0.5, 0.6) is 0 Å². The molecule has 0 aliphatic heterocycles. The molecular weight excluding hydrogens is 320 g/mol. The molecule has 1 unspecified atom stereocenters. The second-order valence-electron chi connectivity index (χ2n) is 5.12. The lowest BCUT2D eigenvalue weighted by Gasteiger charge is -2.12. The molecule has 2 aromatic carbocycles. The Bertz CT molecular complexity index is 514. The Morgan fingerprint density at radius 1 is 0.895 bits per heavy atom. The largest absolute Gasteiger partial charge is 0.0843 e. The fraction of sp³-hybridized carbons (Fsp3) is 0.294. The number of hydrogen-bond acceptors (Lipinski definition) is 0. The quantitative estimate of drug-likeness (QED) is 0.588. The third-order valence-corrected chi connectivity index (χ3v) is 4.40. The summed E-state index contributed by atoms with van der Waals surface area (Å²) in [6, 6.07) is 16.9. The van der Waals surface area contributed by atoms with Crippen molar-refractivity contribution in [1.29, 1.82) is 0 Å². The Labute approximate surface area is 128 Å². The Kier molecular flexibility index (Phi) is 5.06. The van der Waals surface area contributed by atoms with Crippen LogP contribution in [0.25, 0.3) is 0 Å². The highest BCUT2D eigenvalue weighted by molar-refractivity contribution is 9.09. The summed E-state index contributed by atoms with van der Waals surface area (Å²) in [6.07, 6.45) is 0.970. The van der Waals surface area contributed by atoms with Crippen molar-refractivity contribution in [3.63, 3.8) is 0 Å². The van der Waals surface area contributed by atoms with Gasteiger partial charge in [-0.05, 0) is 41.2 Å². The topological polar surface area (TPSA) is 0 Å². The van der Waals surface area contributed by atoms with Crippen LogP contribution < -0.4 is 0 Å². The van der Waals surface area contributed by atoms with Crippen LogP contribution in [-0.2, 0) is 6.42 Å². The van der Waals surface area contributed by atoms with E-state index in [4.69, 9.17) is 11.6 Å². The maximum Gasteiger partial charge on any atom is 0.0435 e. The molecule has 0 spiro atoms. The van der Waals surface area contributed by atoms with E-state index in [1.165, 1.54) is 16.7 Å². The molecule has 19 heavy (non-hydrogen) atoms. The van der Waals surface area contributed by atoms with Crippen LogP contribution in [0.15, 0.2) is 48.5 Å². The predicted octanol–water partition coefficient (Wildman–Crippen LogP) is 6.14. The summed E-state index contributed by atoms with van der Waals surface area (Å²) in [5, 5.41) is 0.788. The minimum atomic E-state index is 0.342. The SMILES string of the molecule is CC(C)c1ccc(C(Br)Cc2ccc(Cl)cc2)cc1. The van der Waals surface area contributed by atoms with Crippen LogP contribution in [0.2, 0.25) is 5.02 Å². The fourth-order valence-electron chi connectivity index (χ4n) is 2.04. The minimum Gasteiger partial charge on any atom is -0.0843 e. The van der Waals surface area contributed by atoms with Crippen LogP contribution in [0.3, 0.4) is 0 Å². The molecule has 0 aliphatic carbocycles. The first kappa shape index (κ1) is 14.6. The molecule has 2 rings (SSSR count). The molecule has 2 aromatic rings. The van der Waals surface area contributed by atoms with Gasteiger partial charge < -0.3 is 0 Å². The summed E-state index contributed by atoms with van der Waals surface area (Å²) in [7, 11) is 0. The maximum absolute atomic E-state index is 5.90. The van der Waals surface area contributed by atoms with E-state index in [1.54, 1.807) is 0 Å². The zero-order valence-corrected chi connectivity index (χ0v) is 13.6. The van der Waals surface area contributed by atoms with Gasteiger partial charge in [0, 0.05) is 9.85 Å². The summed E-state index contributed by atoms with van der Waals surface area (Å²) in [5.41, 5.74) is 3.99. The van der Waals surface area contributed by atoms with Gasteiger partial charge in [-0.15, -0.1) is 0 Å². The van der Waals surface area contributed by atoms with Gasteiger partial charge in [0.05, 0.1) is 0 Å². The van der Waals surface area contributed by atoms with E-state index in [-0.39, 0.29) is 0 Å². The Morgan fingerprint density at radius 3 is 1.95 bits per heavy atom. The van der Waals surface area contributed by atoms with Gasteiger partial charge in [0.1, 0.15) is 0 Å². The average molecular weight is 338 g/mol. The average Bonchev–Trinajstić information content (AvgIpc) is 2.41. The first-order valence-corrected chi connectivity index (χ1v) is 7.84. The van der Waals surface area contributed by atoms with E-state index in [0.29, 0.717) is 10.7 Å². The third-order valence-electron chi connectivity index (χ3n) is 3.29. The van der Waals surface area contributed by atoms with E-state index in [2.05, 4.69) is 66.2 Å². The van der Waals surface area contributed by atoms with Crippen molar-refractivity contribution in [2.24, 2.45) is 0 Å². The molecule has 0 heterocycles. The highest BCUT2D eigenvalue weighted by atomic mass is 79.9. The highest BCUT2D eigenvalue weighted by Crippen LogP contribution is 2.28. The monoisotopic (exact) mass is 336 g/mol. The molecule has 0 saturated carbocycles. The van der Waals surface area contributed by atoms with Gasteiger partial charge in [-0.3, -0.25) is 0 Å². The fourth-order valence-corrected chi connectivity index (χ4v) is 2.84. The summed E-state index contributed by atoms with van der Waals surface area (Å²) in [6.45, 7) is 4.43. The summed E-state index contributed by atoms with van der Waals surface area (Å²) in [5.74, 6) is 0.582. The summed E-state index contributed by atoms with van der Waals surface area (Å²) in [4.78, 5) is 0.342. The molecule has 0 fully saturated rings. The van der Waals surface area contributed by atoms with Gasteiger partial charge in [-0.25, -0.2) is 0 Å². The lowest BCUT2D eigenvalue weighted by Crippen LogP contribution is -1.96. The molecule has 0 N–H and O–H groups in total. The van der Waals surface area contributed by atoms with Crippen molar-refractivity contribution < 1.29 is 0 Å². The predicted molar refractivity (Wildman–Crippen MR) is 87.4 cm³/mol. The van der Waals surface area contributed by atoms with Gasteiger partial charge in [-0.1, -0.05) is 77.8 Å². The number of rotatable bonds is 4. The Hall–Kier alpha value is -0.790. The molecule has 0 radical (unpaired) electrons. The first-order chi connectivity index (χ1) is 9.06. The second-order valence-corrected chi connectivity index (χ2v) is 6.66. The first-order valence-electron chi connectivity index (χ1n) is 6.54. The molecule has 1 atom stereocenters. The highest BCUT2D eigenvalue weighted by Gasteiger charge is 2.09. The standard InChI is InChI=1S/C17H18BrCl/c1-12(2)14-5-7-15(8-6-14)17(18)11-13-3-9-16(19)10-4-13/h3-10,12,17H,11H2,1-2H3. The summed E-state index contributed by atoms with van der Waals surface area (Å²) >= 11 is 9.67. The maximum atomic E-state index is 5.90. The van der Waals surface area contributed by atoms with Gasteiger partial charge >= 0.3 is 0 Å². The van der Waals surface area contributed by atoms with Gasteiger partial charge in [-0.2, -0.15) is 0 Å². The molecule has 100 valence electrons. The van der Waals surface area contributed by atoms with E-state index in [9.17, 15) is 0 Å². The third kappa shape index (κ3) is 4.09. The number of hydrogen-bond donors (Lipinski definition) is 0. The molecule has 0 bridgehead atoms. The van der Waals surface area contributed by atoms with Crippen molar-refractivity contribution in [2.45, 2.75) is 31.0 Å². The van der Waals surface area contributed by atoms with Gasteiger partial charge in [0.25, 0.3) is 0 Å². The Morgan fingerprint density at radius 2 is 1.42 bits per heavy atom. The normalized spacial score (nSPS) is 12.7. The summed E-state index contributed by atoms with van der Waals surface area (Å²) < 4.78 is 0. The van der Waals surface area contributed by atoms with Crippen LogP contribution in [0.1, 0.15) is 41.3 Å². The van der Waals surface area contributed by atoms with Gasteiger partial charge in [0.2, 0.25) is 0 Å². The second kappa shape index (κ2) is 6.58. The van der Waals surface area contributed by atoms with Crippen molar-refractivity contribution in [3.05, 3.63) is 70.2 Å². The zero-order chi connectivity index (χ0) is 13.8. The molecule has 2 heteroatoms. The van der Waals surface area contributed by atoms with Crippen molar-refractivity contribution in [2.75, 3.05) is 0 Å². The molecule has 0 aromatic heterocycles. The molecular formula is C17H18BrCl. The van der Waals surface area contributed by atoms with Crippen molar-refractivity contribution in [1.82, 2.24) is 0 Å². The van der Waals surface area contributed by atoms with E-state index in [1.807, 2.05) is 12.1 Å². The van der Waals surface area contributed by atoms with Crippen LogP contribution in [0, 0.1) is 0 Å². The van der Waals surface area contributed by atoms with E-state index in [0.717, 1.165) is 11.4 Å². The van der Waals surface area contributed by atoms with Gasteiger partial charge in [0.15, 0.2) is 0 Å². The number of benzene rings is 2. The van der Waals surface area contributed by atoms with Crippen LogP contribution in [-0.4, -0.2) is 0 Å². The lowest BCUT2D eigenvalue weighted by molar-refractivity contribution is 0.862. The van der Waals surface area contributed by atoms with Crippen LogP contribution >= 0.6 is 27.5 Å². The van der Waals surface area contributed by atoms with Crippen LogP contribution in [0.4, 0.5) is 0 Å². The molecule has 0 amide bonds. The molecule has 0 aliphatic rings. The van der Waals surface area contributed by atoms with Crippen molar-refractivity contribution >= 4 is 27.5 Å². The smallest absolute Gasteiger partial charge is 0.0435 e. The number of alkyl halides is 1. The van der Waals surface area contributed by atoms with Crippen molar-refractivity contribution in [3.8, 4) is 0 Å². The minimum absolute atomic E-state index is 0.342. The lowest BCUT2D eigenvalue weighted by atomic mass is 9.99.